The lowest BCUT2D eigenvalue weighted by molar-refractivity contribution is 0.394. The highest BCUT2D eigenvalue weighted by molar-refractivity contribution is 5.96. The number of benzene rings is 1. The van der Waals surface area contributed by atoms with Crippen LogP contribution >= 0.6 is 0 Å². The highest BCUT2D eigenvalue weighted by Crippen LogP contribution is 2.35. The van der Waals surface area contributed by atoms with Crippen LogP contribution in [0, 0.1) is 12.8 Å². The molecule has 2 aromatic rings. The van der Waals surface area contributed by atoms with Gasteiger partial charge in [0.2, 0.25) is 0 Å². The van der Waals surface area contributed by atoms with Crippen molar-refractivity contribution in [1.82, 2.24) is 14.9 Å². The van der Waals surface area contributed by atoms with Gasteiger partial charge < -0.3 is 4.74 Å². The van der Waals surface area contributed by atoms with Gasteiger partial charge in [-0.15, -0.1) is 0 Å². The topological polar surface area (TPSA) is 70.6 Å². The fraction of sp³-hybridized carbons (Fsp3) is 0.450. The Morgan fingerprint density at radius 1 is 1.23 bits per heavy atom. The van der Waals surface area contributed by atoms with E-state index in [0.717, 1.165) is 30.7 Å². The molecule has 6 heteroatoms. The summed E-state index contributed by atoms with van der Waals surface area (Å²) >= 11 is 0. The summed E-state index contributed by atoms with van der Waals surface area (Å²) in [5, 5.41) is 4.54. The van der Waals surface area contributed by atoms with Crippen LogP contribution in [-0.2, 0) is 6.54 Å². The molecule has 1 aromatic carbocycles. The van der Waals surface area contributed by atoms with Crippen LogP contribution in [0.15, 0.2) is 34.1 Å². The number of amidine groups is 1. The lowest BCUT2D eigenvalue weighted by Gasteiger charge is -2.14. The third-order valence-electron chi connectivity index (χ3n) is 5.00. The van der Waals surface area contributed by atoms with Crippen molar-refractivity contribution in [3.63, 3.8) is 0 Å². The molecule has 0 spiro atoms. The zero-order valence-electron chi connectivity index (χ0n) is 15.2. The molecule has 1 saturated carbocycles. The predicted molar refractivity (Wildman–Crippen MR) is 101 cm³/mol. The Labute approximate surface area is 152 Å². The largest absolute Gasteiger partial charge is 0.425 e. The first-order chi connectivity index (χ1) is 12.7. The quantitative estimate of drug-likeness (QED) is 0.809. The monoisotopic (exact) mass is 351 g/mol. The SMILES string of the molecule is CCCn1c(Oc2ccccc2C)nc2c(c1=O)[N]C(C1CCCC1)=N2. The van der Waals surface area contributed by atoms with Crippen LogP contribution in [0.3, 0.4) is 0 Å². The van der Waals surface area contributed by atoms with E-state index in [-0.39, 0.29) is 11.6 Å². The van der Waals surface area contributed by atoms with E-state index in [2.05, 4.69) is 15.3 Å². The number of hydrogen-bond donors (Lipinski definition) is 0. The Balaban J connectivity index is 1.74. The van der Waals surface area contributed by atoms with E-state index >= 15 is 0 Å². The van der Waals surface area contributed by atoms with Gasteiger partial charge in [-0.05, 0) is 37.8 Å². The predicted octanol–water partition coefficient (Wildman–Crippen LogP) is 4.22. The average Bonchev–Trinajstić information content (AvgIpc) is 3.29. The van der Waals surface area contributed by atoms with Crippen molar-refractivity contribution < 1.29 is 4.74 Å². The van der Waals surface area contributed by atoms with Crippen LogP contribution in [0.4, 0.5) is 11.5 Å². The molecular formula is C20H23N4O2. The van der Waals surface area contributed by atoms with Gasteiger partial charge >= 0.3 is 6.01 Å². The third kappa shape index (κ3) is 3.00. The van der Waals surface area contributed by atoms with Crippen LogP contribution < -0.4 is 15.6 Å². The van der Waals surface area contributed by atoms with Gasteiger partial charge in [0.25, 0.3) is 5.56 Å². The summed E-state index contributed by atoms with van der Waals surface area (Å²) in [4.78, 5) is 22.1. The van der Waals surface area contributed by atoms with Gasteiger partial charge in [0.15, 0.2) is 11.5 Å². The third-order valence-corrected chi connectivity index (χ3v) is 5.00. The minimum absolute atomic E-state index is 0.169. The second-order valence-electron chi connectivity index (χ2n) is 6.95. The molecule has 0 atom stereocenters. The number of ether oxygens (including phenoxy) is 1. The van der Waals surface area contributed by atoms with Crippen molar-refractivity contribution in [3.8, 4) is 11.8 Å². The molecule has 6 nitrogen and oxygen atoms in total. The van der Waals surface area contributed by atoms with E-state index in [0.29, 0.717) is 29.7 Å². The van der Waals surface area contributed by atoms with Gasteiger partial charge in [0.05, 0.1) is 0 Å². The molecule has 135 valence electrons. The Morgan fingerprint density at radius 2 is 2.00 bits per heavy atom. The molecule has 1 aliphatic carbocycles. The van der Waals surface area contributed by atoms with Crippen LogP contribution in [0.2, 0.25) is 0 Å². The van der Waals surface area contributed by atoms with Crippen LogP contribution in [0.5, 0.6) is 11.8 Å². The smallest absolute Gasteiger partial charge is 0.306 e. The number of aryl methyl sites for hydroxylation is 1. The average molecular weight is 351 g/mol. The number of rotatable bonds is 5. The maximum absolute atomic E-state index is 13.0. The van der Waals surface area contributed by atoms with Gasteiger partial charge in [-0.2, -0.15) is 4.98 Å². The van der Waals surface area contributed by atoms with E-state index in [1.54, 1.807) is 4.57 Å². The Kier molecular flexibility index (Phi) is 4.49. The number of nitrogens with zero attached hydrogens (tertiary/aromatic N) is 4. The molecule has 2 heterocycles. The zero-order chi connectivity index (χ0) is 18.1. The van der Waals surface area contributed by atoms with Crippen molar-refractivity contribution in [2.24, 2.45) is 10.9 Å². The van der Waals surface area contributed by atoms with E-state index < -0.39 is 0 Å². The molecule has 0 N–H and O–H groups in total. The maximum atomic E-state index is 13.0. The number of aliphatic imine (C=N–C) groups is 1. The first kappa shape index (κ1) is 16.8. The van der Waals surface area contributed by atoms with Gasteiger partial charge in [-0.1, -0.05) is 38.0 Å². The molecule has 1 aromatic heterocycles. The summed E-state index contributed by atoms with van der Waals surface area (Å²) < 4.78 is 7.57. The van der Waals surface area contributed by atoms with Crippen LogP contribution in [0.1, 0.15) is 44.6 Å². The Bertz CT molecular complexity index is 911. The van der Waals surface area contributed by atoms with Crippen molar-refractivity contribution in [2.45, 2.75) is 52.5 Å². The van der Waals surface area contributed by atoms with Gasteiger partial charge in [-0.25, -0.2) is 10.3 Å². The summed E-state index contributed by atoms with van der Waals surface area (Å²) in [5.74, 6) is 2.20. The summed E-state index contributed by atoms with van der Waals surface area (Å²) in [5.41, 5.74) is 1.18. The molecule has 26 heavy (non-hydrogen) atoms. The van der Waals surface area contributed by atoms with Gasteiger partial charge in [0, 0.05) is 12.5 Å². The molecule has 1 radical (unpaired) electrons. The Hall–Kier alpha value is -2.63. The number of fused-ring (bicyclic) bond motifs is 1. The van der Waals surface area contributed by atoms with Crippen LogP contribution in [-0.4, -0.2) is 15.4 Å². The number of hydrogen-bond acceptors (Lipinski definition) is 4. The van der Waals surface area contributed by atoms with E-state index in [1.807, 2.05) is 38.1 Å². The molecular weight excluding hydrogens is 328 g/mol. The first-order valence-corrected chi connectivity index (χ1v) is 9.36. The second-order valence-corrected chi connectivity index (χ2v) is 6.95. The highest BCUT2D eigenvalue weighted by atomic mass is 16.5. The standard InChI is InChI=1S/C20H23N4O2/c1-3-12-24-19(25)16-18(22-17(21-16)14-9-5-6-10-14)23-20(24)26-15-11-7-4-8-13(15)2/h4,7-8,11,14H,3,5-6,9-10,12H2,1-2H3. The summed E-state index contributed by atoms with van der Waals surface area (Å²) in [6.45, 7) is 4.53. The second kappa shape index (κ2) is 6.94. The van der Waals surface area contributed by atoms with Crippen LogP contribution in [0.25, 0.3) is 0 Å². The molecule has 0 saturated heterocycles. The minimum atomic E-state index is -0.169. The van der Waals surface area contributed by atoms with E-state index in [4.69, 9.17) is 4.74 Å². The van der Waals surface area contributed by atoms with Gasteiger partial charge in [-0.3, -0.25) is 9.36 Å². The lowest BCUT2D eigenvalue weighted by Crippen LogP contribution is -2.26. The molecule has 0 amide bonds. The minimum Gasteiger partial charge on any atom is -0.425 e. The van der Waals surface area contributed by atoms with E-state index in [9.17, 15) is 4.79 Å². The summed E-state index contributed by atoms with van der Waals surface area (Å²) in [6.07, 6.45) is 5.38. The maximum Gasteiger partial charge on any atom is 0.306 e. The molecule has 1 aliphatic heterocycles. The normalized spacial score (nSPS) is 16.3. The summed E-state index contributed by atoms with van der Waals surface area (Å²) in [6, 6.07) is 7.99. The molecule has 1 fully saturated rings. The fourth-order valence-corrected chi connectivity index (χ4v) is 3.57. The molecule has 0 unspecified atom stereocenters. The molecule has 2 aliphatic rings. The van der Waals surface area contributed by atoms with Gasteiger partial charge in [0.1, 0.15) is 11.6 Å². The number of para-hydroxylation sites is 1. The first-order valence-electron chi connectivity index (χ1n) is 9.36. The Morgan fingerprint density at radius 3 is 2.73 bits per heavy atom. The molecule has 0 bridgehead atoms. The van der Waals surface area contributed by atoms with E-state index in [1.165, 1.54) is 12.8 Å². The lowest BCUT2D eigenvalue weighted by atomic mass is 10.1. The fourth-order valence-electron chi connectivity index (χ4n) is 3.57. The number of aromatic nitrogens is 2. The van der Waals surface area contributed by atoms with Crippen molar-refractivity contribution in [1.29, 1.82) is 0 Å². The highest BCUT2D eigenvalue weighted by Gasteiger charge is 2.31. The summed E-state index contributed by atoms with van der Waals surface area (Å²) in [7, 11) is 0. The van der Waals surface area contributed by atoms with Crippen molar-refractivity contribution >= 4 is 17.3 Å². The zero-order valence-corrected chi connectivity index (χ0v) is 15.2. The van der Waals surface area contributed by atoms with Crippen molar-refractivity contribution in [3.05, 3.63) is 40.2 Å². The van der Waals surface area contributed by atoms with Crippen molar-refractivity contribution in [2.75, 3.05) is 0 Å². The molecule has 4 rings (SSSR count).